The highest BCUT2D eigenvalue weighted by Crippen LogP contribution is 2.19. The number of urea groups is 1. The lowest BCUT2D eigenvalue weighted by Crippen LogP contribution is -2.36. The summed E-state index contributed by atoms with van der Waals surface area (Å²) in [7, 11) is 2.02. The first-order valence-electron chi connectivity index (χ1n) is 8.55. The van der Waals surface area contributed by atoms with Gasteiger partial charge in [-0.2, -0.15) is 0 Å². The number of hydrogen-bond donors (Lipinski definition) is 3. The number of anilines is 2. The van der Waals surface area contributed by atoms with Gasteiger partial charge in [-0.3, -0.25) is 0 Å². The molecule has 5 heteroatoms. The fourth-order valence-electron chi connectivity index (χ4n) is 2.45. The maximum atomic E-state index is 12.0. The number of hydrogen-bond acceptors (Lipinski definition) is 3. The summed E-state index contributed by atoms with van der Waals surface area (Å²) >= 11 is 0. The van der Waals surface area contributed by atoms with Crippen LogP contribution in [0.1, 0.15) is 19.4 Å². The summed E-state index contributed by atoms with van der Waals surface area (Å²) in [5.41, 5.74) is 2.80. The molecule has 2 rings (SSSR count). The third kappa shape index (κ3) is 6.12. The molecule has 0 aromatic heterocycles. The Kier molecular flexibility index (Phi) is 6.83. The van der Waals surface area contributed by atoms with Gasteiger partial charge in [0.25, 0.3) is 0 Å². The van der Waals surface area contributed by atoms with Gasteiger partial charge < -0.3 is 20.6 Å². The van der Waals surface area contributed by atoms with Crippen LogP contribution in [0.4, 0.5) is 16.2 Å². The molecule has 134 valence electrons. The van der Waals surface area contributed by atoms with Gasteiger partial charge in [0.05, 0.1) is 6.10 Å². The van der Waals surface area contributed by atoms with Gasteiger partial charge in [0.15, 0.2) is 0 Å². The van der Waals surface area contributed by atoms with Crippen LogP contribution in [0.25, 0.3) is 0 Å². The first-order chi connectivity index (χ1) is 12.0. The summed E-state index contributed by atoms with van der Waals surface area (Å²) in [5, 5.41) is 15.6. The monoisotopic (exact) mass is 341 g/mol. The second kappa shape index (κ2) is 9.08. The summed E-state index contributed by atoms with van der Waals surface area (Å²) in [4.78, 5) is 14.2. The van der Waals surface area contributed by atoms with Gasteiger partial charge in [-0.15, -0.1) is 0 Å². The van der Waals surface area contributed by atoms with E-state index in [1.807, 2.05) is 61.6 Å². The van der Waals surface area contributed by atoms with Crippen molar-refractivity contribution in [3.63, 3.8) is 0 Å². The van der Waals surface area contributed by atoms with E-state index < -0.39 is 6.10 Å². The number of aliphatic hydroxyl groups excluding tert-OH is 1. The van der Waals surface area contributed by atoms with Crippen molar-refractivity contribution in [2.24, 2.45) is 0 Å². The first kappa shape index (κ1) is 18.8. The van der Waals surface area contributed by atoms with Crippen molar-refractivity contribution in [3.05, 3.63) is 60.2 Å². The summed E-state index contributed by atoms with van der Waals surface area (Å²) in [6.45, 7) is 4.42. The molecule has 0 radical (unpaired) electrons. The fraction of sp³-hybridized carbons (Fsp3) is 0.350. The quantitative estimate of drug-likeness (QED) is 0.724. The number of carbonyl (C=O) groups excluding carboxylic acids is 1. The number of aliphatic hydroxyl groups is 1. The molecule has 0 bridgehead atoms. The van der Waals surface area contributed by atoms with Crippen molar-refractivity contribution in [3.8, 4) is 0 Å². The van der Waals surface area contributed by atoms with Crippen molar-refractivity contribution >= 4 is 17.4 Å². The highest BCUT2D eigenvalue weighted by Gasteiger charge is 2.09. The zero-order chi connectivity index (χ0) is 18.2. The van der Waals surface area contributed by atoms with Crippen LogP contribution in [-0.4, -0.2) is 36.9 Å². The number of amides is 2. The Morgan fingerprint density at radius 3 is 2.52 bits per heavy atom. The third-order valence-electron chi connectivity index (χ3n) is 4.10. The van der Waals surface area contributed by atoms with E-state index in [0.29, 0.717) is 12.5 Å². The lowest BCUT2D eigenvalue weighted by atomic mass is 10.1. The molecule has 0 saturated carbocycles. The summed E-state index contributed by atoms with van der Waals surface area (Å²) in [6, 6.07) is 17.5. The predicted octanol–water partition coefficient (Wildman–Crippen LogP) is 3.26. The SMILES string of the molecule is CC(C)N(C)c1cccc(NC(=O)NCC(O)Cc2ccccc2)c1. The molecule has 2 aromatic carbocycles. The van der Waals surface area contributed by atoms with E-state index >= 15 is 0 Å². The minimum absolute atomic E-state index is 0.201. The standard InChI is InChI=1S/C20H27N3O2/c1-15(2)23(3)18-11-7-10-17(13-18)22-20(25)21-14-19(24)12-16-8-5-4-6-9-16/h4-11,13,15,19,24H,12,14H2,1-3H3,(H2,21,22,25). The van der Waals surface area contributed by atoms with Crippen LogP contribution in [-0.2, 0) is 6.42 Å². The van der Waals surface area contributed by atoms with Gasteiger partial charge >= 0.3 is 6.03 Å². The zero-order valence-corrected chi connectivity index (χ0v) is 15.1. The van der Waals surface area contributed by atoms with Crippen LogP contribution in [0.5, 0.6) is 0 Å². The topological polar surface area (TPSA) is 64.6 Å². The Balaban J connectivity index is 1.83. The van der Waals surface area contributed by atoms with Crippen molar-refractivity contribution < 1.29 is 9.90 Å². The minimum Gasteiger partial charge on any atom is -0.391 e. The van der Waals surface area contributed by atoms with Gasteiger partial charge in [-0.1, -0.05) is 36.4 Å². The molecule has 2 amide bonds. The van der Waals surface area contributed by atoms with Crippen molar-refractivity contribution in [2.75, 3.05) is 23.8 Å². The minimum atomic E-state index is -0.619. The molecular formula is C20H27N3O2. The van der Waals surface area contributed by atoms with Gasteiger partial charge in [-0.05, 0) is 37.6 Å². The van der Waals surface area contributed by atoms with Crippen molar-refractivity contribution in [1.82, 2.24) is 5.32 Å². The Bertz CT molecular complexity index is 674. The van der Waals surface area contributed by atoms with E-state index in [9.17, 15) is 9.90 Å². The smallest absolute Gasteiger partial charge is 0.319 e. The van der Waals surface area contributed by atoms with E-state index in [-0.39, 0.29) is 12.6 Å². The molecule has 0 spiro atoms. The van der Waals surface area contributed by atoms with Crippen LogP contribution >= 0.6 is 0 Å². The van der Waals surface area contributed by atoms with Gasteiger partial charge in [0.1, 0.15) is 0 Å². The number of nitrogens with one attached hydrogen (secondary N) is 2. The molecule has 0 fully saturated rings. The van der Waals surface area contributed by atoms with Gasteiger partial charge in [0.2, 0.25) is 0 Å². The predicted molar refractivity (Wildman–Crippen MR) is 103 cm³/mol. The van der Waals surface area contributed by atoms with Crippen molar-refractivity contribution in [2.45, 2.75) is 32.4 Å². The summed E-state index contributed by atoms with van der Waals surface area (Å²) in [6.07, 6.45) is -0.109. The van der Waals surface area contributed by atoms with Gasteiger partial charge in [0, 0.05) is 37.4 Å². The van der Waals surface area contributed by atoms with E-state index in [1.54, 1.807) is 0 Å². The summed E-state index contributed by atoms with van der Waals surface area (Å²) < 4.78 is 0. The van der Waals surface area contributed by atoms with E-state index in [4.69, 9.17) is 0 Å². The molecule has 3 N–H and O–H groups in total. The lowest BCUT2D eigenvalue weighted by Gasteiger charge is -2.24. The molecule has 2 aromatic rings. The van der Waals surface area contributed by atoms with Crippen LogP contribution < -0.4 is 15.5 Å². The number of rotatable bonds is 7. The first-order valence-corrected chi connectivity index (χ1v) is 8.55. The molecule has 0 aliphatic carbocycles. The Morgan fingerprint density at radius 1 is 1.12 bits per heavy atom. The Hall–Kier alpha value is -2.53. The fourth-order valence-corrected chi connectivity index (χ4v) is 2.45. The maximum Gasteiger partial charge on any atom is 0.319 e. The highest BCUT2D eigenvalue weighted by molar-refractivity contribution is 5.89. The second-order valence-electron chi connectivity index (χ2n) is 6.43. The summed E-state index contributed by atoms with van der Waals surface area (Å²) in [5.74, 6) is 0. The van der Waals surface area contributed by atoms with Crippen LogP contribution in [0.3, 0.4) is 0 Å². The lowest BCUT2D eigenvalue weighted by molar-refractivity contribution is 0.172. The largest absolute Gasteiger partial charge is 0.391 e. The Labute approximate surface area is 149 Å². The number of benzene rings is 2. The van der Waals surface area contributed by atoms with Gasteiger partial charge in [-0.25, -0.2) is 4.79 Å². The van der Waals surface area contributed by atoms with Crippen LogP contribution in [0.2, 0.25) is 0 Å². The number of carbonyl (C=O) groups is 1. The average Bonchev–Trinajstić information content (AvgIpc) is 2.60. The molecule has 1 unspecified atom stereocenters. The molecule has 1 atom stereocenters. The zero-order valence-electron chi connectivity index (χ0n) is 15.1. The van der Waals surface area contributed by atoms with Crippen LogP contribution in [0, 0.1) is 0 Å². The molecule has 0 aliphatic rings. The highest BCUT2D eigenvalue weighted by atomic mass is 16.3. The average molecular weight is 341 g/mol. The van der Waals surface area contributed by atoms with Crippen LogP contribution in [0.15, 0.2) is 54.6 Å². The third-order valence-corrected chi connectivity index (χ3v) is 4.10. The molecule has 25 heavy (non-hydrogen) atoms. The Morgan fingerprint density at radius 2 is 1.84 bits per heavy atom. The molecule has 0 aliphatic heterocycles. The van der Waals surface area contributed by atoms with E-state index in [0.717, 1.165) is 16.9 Å². The van der Waals surface area contributed by atoms with E-state index in [1.165, 1.54) is 0 Å². The second-order valence-corrected chi connectivity index (χ2v) is 6.43. The molecular weight excluding hydrogens is 314 g/mol. The van der Waals surface area contributed by atoms with E-state index in [2.05, 4.69) is 29.4 Å². The molecule has 0 heterocycles. The number of nitrogens with zero attached hydrogens (tertiary/aromatic N) is 1. The molecule has 0 saturated heterocycles. The normalized spacial score (nSPS) is 11.9. The molecule has 5 nitrogen and oxygen atoms in total. The maximum absolute atomic E-state index is 12.0. The van der Waals surface area contributed by atoms with Crippen molar-refractivity contribution in [1.29, 1.82) is 0 Å².